The van der Waals surface area contributed by atoms with Gasteiger partial charge in [-0.25, -0.2) is 0 Å². The van der Waals surface area contributed by atoms with Gasteiger partial charge in [0.15, 0.2) is 11.6 Å². The molecule has 30 heteroatoms. The molecule has 19 unspecified atom stereocenters. The highest BCUT2D eigenvalue weighted by Gasteiger charge is 2.52. The molecule has 0 aromatic heterocycles. The van der Waals surface area contributed by atoms with Crippen LogP contribution in [0.25, 0.3) is 0 Å². The molecule has 15 fully saturated rings. The summed E-state index contributed by atoms with van der Waals surface area (Å²) < 4.78 is 53.6. The number of rotatable bonds is 2. The van der Waals surface area contributed by atoms with Gasteiger partial charge in [-0.15, -0.1) is 118 Å². The second kappa shape index (κ2) is 47.3. The molecule has 10 aliphatic heterocycles. The predicted octanol–water partition coefficient (Wildman–Crippen LogP) is 11.1. The average Bonchev–Trinajstić information content (AvgIpc) is 0.969. The fourth-order valence-corrected chi connectivity index (χ4v) is 23.8. The van der Waals surface area contributed by atoms with Crippen molar-refractivity contribution in [2.24, 2.45) is 0 Å². The first-order valence-electron chi connectivity index (χ1n) is 37.2. The minimum Gasteiger partial charge on any atom is -0.380 e. The molecule has 10 heterocycles. The molecular formula is C70H130O20S10. The molecular weight excluding hydrogens is 1480 g/mol. The van der Waals surface area contributed by atoms with Crippen LogP contribution >= 0.6 is 118 Å². The Hall–Kier alpha value is 2.70. The molecule has 100 heavy (non-hydrogen) atoms. The molecule has 19 atom stereocenters. The van der Waals surface area contributed by atoms with E-state index in [2.05, 4.69) is 0 Å². The minimum absolute atomic E-state index is 0.0220. The molecule has 5 saturated carbocycles. The molecule has 0 aromatic carbocycles. The zero-order valence-electron chi connectivity index (χ0n) is 61.2. The van der Waals surface area contributed by atoms with E-state index in [0.717, 1.165) is 176 Å². The third-order valence-corrected chi connectivity index (χ3v) is 32.6. The maximum atomic E-state index is 10.5. The van der Waals surface area contributed by atoms with Crippen molar-refractivity contribution in [3.63, 3.8) is 0 Å². The van der Waals surface area contributed by atoms with Crippen LogP contribution in [0, 0.1) is 0 Å². The van der Waals surface area contributed by atoms with E-state index in [9.17, 15) is 40.9 Å². The number of thioether (sulfide) groups is 10. The zero-order valence-corrected chi connectivity index (χ0v) is 69.4. The molecule has 0 amide bonds. The number of ether oxygens (including phenoxy) is 10. The SMILES string of the molecule is CC1(C)OCCSC1O.CC1(O)COCCS1.CC1OCCSC1(C)O.CC1OCCSC1O.CCC1(O)COCCS1.CCC1OCCSC1O.OC12CCCCC1SC1CCCC1O2.OC12CCCCC1SC1CCCCC1O2.OC1COCCS1.OC1SCCOC12CCCCC2. The topological polar surface area (TPSA) is 295 Å². The van der Waals surface area contributed by atoms with E-state index in [0.29, 0.717) is 53.0 Å². The first kappa shape index (κ1) is 91.6. The monoisotopic (exact) mass is 1610 g/mol. The molecule has 590 valence electrons. The molecule has 10 N–H and O–H groups in total. The Kier molecular flexibility index (Phi) is 43.3. The maximum Gasteiger partial charge on any atom is 0.177 e. The van der Waals surface area contributed by atoms with Gasteiger partial charge in [-0.1, -0.05) is 58.8 Å². The van der Waals surface area contributed by atoms with Gasteiger partial charge in [0.1, 0.15) is 47.6 Å². The lowest BCUT2D eigenvalue weighted by atomic mass is 9.85. The van der Waals surface area contributed by atoms with Gasteiger partial charge in [-0.05, 0) is 125 Å². The summed E-state index contributed by atoms with van der Waals surface area (Å²) in [6, 6.07) is 0. The van der Waals surface area contributed by atoms with E-state index in [4.69, 9.17) is 57.6 Å². The summed E-state index contributed by atoms with van der Waals surface area (Å²) in [7, 11) is 0. The van der Waals surface area contributed by atoms with E-state index in [1.54, 1.807) is 108 Å². The second-order valence-electron chi connectivity index (χ2n) is 28.4. The minimum atomic E-state index is -0.776. The van der Waals surface area contributed by atoms with E-state index >= 15 is 0 Å². The number of fused-ring (bicyclic) bond motifs is 4. The van der Waals surface area contributed by atoms with Crippen LogP contribution in [0.5, 0.6) is 0 Å². The summed E-state index contributed by atoms with van der Waals surface area (Å²) in [5.41, 5.74) is -2.00. The first-order chi connectivity index (χ1) is 47.7. The van der Waals surface area contributed by atoms with Gasteiger partial charge in [-0.2, -0.15) is 0 Å². The van der Waals surface area contributed by atoms with Gasteiger partial charge >= 0.3 is 0 Å². The van der Waals surface area contributed by atoms with Crippen LogP contribution in [0.4, 0.5) is 0 Å². The van der Waals surface area contributed by atoms with Gasteiger partial charge in [0, 0.05) is 69.4 Å². The largest absolute Gasteiger partial charge is 0.380 e. The van der Waals surface area contributed by atoms with Crippen molar-refractivity contribution in [3.8, 4) is 0 Å². The Bertz CT molecular complexity index is 2100. The summed E-state index contributed by atoms with van der Waals surface area (Å²) in [6.07, 6.45) is 25.9. The highest BCUT2D eigenvalue weighted by molar-refractivity contribution is 8.02. The summed E-state index contributed by atoms with van der Waals surface area (Å²) in [4.78, 5) is -1.88. The Balaban J connectivity index is 0.000000177. The Morgan fingerprint density at radius 3 is 1.37 bits per heavy atom. The van der Waals surface area contributed by atoms with Gasteiger partial charge in [0.05, 0.1) is 119 Å². The lowest BCUT2D eigenvalue weighted by Gasteiger charge is -2.50. The standard InChI is InChI=1S/C12H20O2S.C11H18O2S.C9H16O2S.4C6H12O2S.2C5H10O2S.C4H8O2S/c13-12-8-4-3-7-11(12)15-10-6-2-1-5-9(10)14-12;12-11-7-2-1-6-10(11)14-9-5-3-4-8(9)13-11;10-8-9(11-6-7-12-8)4-2-1-3-5-9;1-6(2)5(7)9-4-3-8-6;1-5-6(2,7)9-4-3-8-5;1-2-6(7)5-8-3-4-9-6;1-2-5-6(7)9-4-3-8-5;1-5(6)4-7-2-3-8-5;1-4-5(6)8-3-2-7-4;5-4-3-6-1-2-7-4/h9-11,13H,1-8H2;8-10,12H,1-7H2;8,10H,1-7H2;2*5,7H,3-4H2,1-2H3;7H,2-5H2,1H3;5-7H,2-4H2,1H3;6H,2-4H2,1H3;4-6H,2-3H2,1H3;4-5H,1-3H2. The van der Waals surface area contributed by atoms with Crippen molar-refractivity contribution in [2.45, 2.75) is 313 Å². The molecule has 15 rings (SSSR count). The third-order valence-electron chi connectivity index (χ3n) is 19.7. The van der Waals surface area contributed by atoms with Gasteiger partial charge in [0.25, 0.3) is 0 Å². The fourth-order valence-electron chi connectivity index (χ4n) is 13.3. The van der Waals surface area contributed by atoms with Crippen LogP contribution in [0.3, 0.4) is 0 Å². The normalized spacial score (nSPS) is 41.6. The van der Waals surface area contributed by atoms with Crippen LogP contribution in [0.2, 0.25) is 0 Å². The van der Waals surface area contributed by atoms with Gasteiger partial charge in [0.2, 0.25) is 0 Å². The zero-order chi connectivity index (χ0) is 72.7. The van der Waals surface area contributed by atoms with Crippen LogP contribution in [0.1, 0.15) is 197 Å². The fraction of sp³-hybridized carbons (Fsp3) is 1.00. The van der Waals surface area contributed by atoms with Crippen LogP contribution in [-0.4, -0.2) is 286 Å². The molecule has 0 bridgehead atoms. The number of hydrogen-bond donors (Lipinski definition) is 10. The lowest BCUT2D eigenvalue weighted by molar-refractivity contribution is -0.249. The van der Waals surface area contributed by atoms with Crippen LogP contribution in [0.15, 0.2) is 0 Å². The Morgan fingerprint density at radius 2 is 0.950 bits per heavy atom. The van der Waals surface area contributed by atoms with Crippen molar-refractivity contribution in [1.29, 1.82) is 0 Å². The van der Waals surface area contributed by atoms with Gasteiger partial charge < -0.3 is 98.4 Å². The predicted molar refractivity (Wildman–Crippen MR) is 421 cm³/mol. The van der Waals surface area contributed by atoms with Crippen molar-refractivity contribution in [2.75, 3.05) is 119 Å². The molecule has 5 aliphatic carbocycles. The number of hydrogen-bond acceptors (Lipinski definition) is 30. The van der Waals surface area contributed by atoms with Crippen molar-refractivity contribution >= 4 is 118 Å². The second-order valence-corrected chi connectivity index (χ2v) is 42.0. The van der Waals surface area contributed by atoms with E-state index < -0.39 is 26.4 Å². The molecule has 10 saturated heterocycles. The lowest BCUT2D eigenvalue weighted by Crippen LogP contribution is -2.55. The quantitative estimate of drug-likeness (QED) is 0.123. The van der Waals surface area contributed by atoms with Gasteiger partial charge in [-0.3, -0.25) is 0 Å². The van der Waals surface area contributed by atoms with Crippen LogP contribution in [-0.2, 0) is 47.4 Å². The van der Waals surface area contributed by atoms with E-state index in [1.165, 1.54) is 64.2 Å². The third kappa shape index (κ3) is 32.1. The Labute approximate surface area is 642 Å². The first-order valence-corrected chi connectivity index (χ1v) is 47.3. The summed E-state index contributed by atoms with van der Waals surface area (Å²) in [6.45, 7) is 22.9. The van der Waals surface area contributed by atoms with Crippen LogP contribution < -0.4 is 0 Å². The number of aliphatic hydroxyl groups excluding tert-OH is 5. The maximum absolute atomic E-state index is 10.5. The summed E-state index contributed by atoms with van der Waals surface area (Å²) in [5.74, 6) is 5.82. The summed E-state index contributed by atoms with van der Waals surface area (Å²) in [5, 5.41) is 97.2. The highest BCUT2D eigenvalue weighted by Crippen LogP contribution is 2.51. The number of aliphatic hydroxyl groups is 10. The average molecular weight is 1610 g/mol. The Morgan fingerprint density at radius 1 is 0.440 bits per heavy atom. The van der Waals surface area contributed by atoms with E-state index in [1.807, 2.05) is 65.1 Å². The van der Waals surface area contributed by atoms with E-state index in [-0.39, 0.29) is 56.7 Å². The smallest absolute Gasteiger partial charge is 0.177 e. The molecule has 15 aliphatic rings. The highest BCUT2D eigenvalue weighted by atomic mass is 32.2. The molecule has 0 aromatic rings. The molecule has 0 radical (unpaired) electrons. The van der Waals surface area contributed by atoms with Crippen molar-refractivity contribution < 1.29 is 98.4 Å². The van der Waals surface area contributed by atoms with Crippen molar-refractivity contribution in [3.05, 3.63) is 0 Å². The van der Waals surface area contributed by atoms with Crippen molar-refractivity contribution in [1.82, 2.24) is 0 Å². The summed E-state index contributed by atoms with van der Waals surface area (Å²) >= 11 is 16.6. The molecule has 20 nitrogen and oxygen atoms in total. The molecule has 1 spiro atoms.